The molecule has 3 N–H and O–H groups in total. The fourth-order valence-electron chi connectivity index (χ4n) is 1.93. The van der Waals surface area contributed by atoms with Gasteiger partial charge in [-0.15, -0.1) is 0 Å². The third-order valence-corrected chi connectivity index (χ3v) is 3.23. The lowest BCUT2D eigenvalue weighted by Crippen LogP contribution is -2.41. The zero-order valence-electron chi connectivity index (χ0n) is 9.79. The van der Waals surface area contributed by atoms with Gasteiger partial charge in [-0.3, -0.25) is 9.89 Å². The summed E-state index contributed by atoms with van der Waals surface area (Å²) in [4.78, 5) is 13.9. The highest BCUT2D eigenvalue weighted by molar-refractivity contribution is 5.93. The molecule has 1 aliphatic rings. The van der Waals surface area contributed by atoms with Crippen molar-refractivity contribution in [3.8, 4) is 0 Å². The van der Waals surface area contributed by atoms with E-state index in [-0.39, 0.29) is 5.91 Å². The fraction of sp³-hybridized carbons (Fsp3) is 0.636. The molecule has 1 fully saturated rings. The Morgan fingerprint density at radius 1 is 1.50 bits per heavy atom. The molecule has 0 aliphatic carbocycles. The molecule has 0 bridgehead atoms. The number of aromatic amines is 1. The molecule has 0 radical (unpaired) electrons. The molecule has 1 aromatic rings. The Kier molecular flexibility index (Phi) is 2.61. The Morgan fingerprint density at radius 3 is 2.62 bits per heavy atom. The van der Waals surface area contributed by atoms with Crippen LogP contribution in [0.1, 0.15) is 37.2 Å². The molecule has 0 spiro atoms. The smallest absolute Gasteiger partial charge is 0.271 e. The van der Waals surface area contributed by atoms with Gasteiger partial charge in [0.15, 0.2) is 0 Å². The van der Waals surface area contributed by atoms with Gasteiger partial charge >= 0.3 is 0 Å². The number of anilines is 1. The molecule has 1 amide bonds. The van der Waals surface area contributed by atoms with Crippen LogP contribution in [0, 0.1) is 5.41 Å². The lowest BCUT2D eigenvalue weighted by Gasteiger charge is -2.36. The van der Waals surface area contributed by atoms with E-state index in [1.807, 2.05) is 4.90 Å². The van der Waals surface area contributed by atoms with Gasteiger partial charge in [-0.05, 0) is 18.3 Å². The Hall–Kier alpha value is -1.52. The molecule has 5 nitrogen and oxygen atoms in total. The molecule has 0 aromatic carbocycles. The predicted molar refractivity (Wildman–Crippen MR) is 61.9 cm³/mol. The number of nitrogens with zero attached hydrogens (tertiary/aromatic N) is 2. The van der Waals surface area contributed by atoms with Gasteiger partial charge < -0.3 is 10.6 Å². The topological polar surface area (TPSA) is 75.0 Å². The zero-order chi connectivity index (χ0) is 11.8. The van der Waals surface area contributed by atoms with Crippen molar-refractivity contribution in [2.24, 2.45) is 5.41 Å². The number of hydrogen-bond donors (Lipinski definition) is 2. The number of carbonyl (C=O) groups excluding carboxylic acids is 1. The van der Waals surface area contributed by atoms with Crippen molar-refractivity contribution in [1.82, 2.24) is 15.1 Å². The van der Waals surface area contributed by atoms with Crippen molar-refractivity contribution in [2.45, 2.75) is 26.7 Å². The molecule has 16 heavy (non-hydrogen) atoms. The number of carbonyl (C=O) groups is 1. The van der Waals surface area contributed by atoms with Gasteiger partial charge in [0, 0.05) is 19.2 Å². The first-order valence-electron chi connectivity index (χ1n) is 5.58. The van der Waals surface area contributed by atoms with Crippen LogP contribution in [-0.2, 0) is 0 Å². The fourth-order valence-corrected chi connectivity index (χ4v) is 1.93. The molecular weight excluding hydrogens is 204 g/mol. The van der Waals surface area contributed by atoms with E-state index in [0.717, 1.165) is 25.9 Å². The Bertz CT molecular complexity index is 386. The van der Waals surface area contributed by atoms with Crippen LogP contribution in [0.15, 0.2) is 6.07 Å². The van der Waals surface area contributed by atoms with Crippen LogP contribution >= 0.6 is 0 Å². The molecule has 1 aromatic heterocycles. The molecular formula is C11H18N4O. The average molecular weight is 222 g/mol. The Balaban J connectivity index is 2.02. The maximum Gasteiger partial charge on any atom is 0.271 e. The molecule has 1 aliphatic heterocycles. The molecule has 0 unspecified atom stereocenters. The highest BCUT2D eigenvalue weighted by Gasteiger charge is 2.28. The van der Waals surface area contributed by atoms with Crippen molar-refractivity contribution in [3.63, 3.8) is 0 Å². The van der Waals surface area contributed by atoms with Crippen molar-refractivity contribution in [3.05, 3.63) is 11.8 Å². The highest BCUT2D eigenvalue weighted by atomic mass is 16.2. The number of piperidine rings is 1. The second-order valence-corrected chi connectivity index (χ2v) is 5.16. The summed E-state index contributed by atoms with van der Waals surface area (Å²) >= 11 is 0. The number of H-pyrrole nitrogens is 1. The van der Waals surface area contributed by atoms with Crippen molar-refractivity contribution < 1.29 is 4.79 Å². The summed E-state index contributed by atoms with van der Waals surface area (Å²) in [5, 5.41) is 6.42. The van der Waals surface area contributed by atoms with E-state index < -0.39 is 0 Å². The molecule has 0 atom stereocenters. The van der Waals surface area contributed by atoms with Crippen molar-refractivity contribution in [1.29, 1.82) is 0 Å². The number of hydrogen-bond acceptors (Lipinski definition) is 3. The number of likely N-dealkylation sites (tertiary alicyclic amines) is 1. The van der Waals surface area contributed by atoms with Crippen molar-refractivity contribution in [2.75, 3.05) is 18.8 Å². The molecule has 2 heterocycles. The number of amides is 1. The molecule has 0 saturated carbocycles. The van der Waals surface area contributed by atoms with Gasteiger partial charge in [0.1, 0.15) is 11.5 Å². The highest BCUT2D eigenvalue weighted by Crippen LogP contribution is 2.30. The van der Waals surface area contributed by atoms with Crippen molar-refractivity contribution >= 4 is 11.7 Å². The average Bonchev–Trinajstić information content (AvgIpc) is 2.64. The quantitative estimate of drug-likeness (QED) is 0.751. The van der Waals surface area contributed by atoms with E-state index >= 15 is 0 Å². The predicted octanol–water partition coefficient (Wildman–Crippen LogP) is 1.25. The number of rotatable bonds is 1. The summed E-state index contributed by atoms with van der Waals surface area (Å²) in [5.74, 6) is 0.361. The van der Waals surface area contributed by atoms with Gasteiger partial charge in [0.2, 0.25) is 0 Å². The maximum atomic E-state index is 12.0. The number of aromatic nitrogens is 2. The second kappa shape index (κ2) is 3.81. The monoisotopic (exact) mass is 222 g/mol. The molecule has 1 saturated heterocycles. The van der Waals surface area contributed by atoms with Crippen LogP contribution in [-0.4, -0.2) is 34.1 Å². The number of nitrogen functional groups attached to an aromatic ring is 1. The third-order valence-electron chi connectivity index (χ3n) is 3.23. The van der Waals surface area contributed by atoms with E-state index in [1.54, 1.807) is 6.07 Å². The van der Waals surface area contributed by atoms with Gasteiger partial charge in [-0.25, -0.2) is 0 Å². The summed E-state index contributed by atoms with van der Waals surface area (Å²) in [6.07, 6.45) is 2.09. The lowest BCUT2D eigenvalue weighted by molar-refractivity contribution is 0.0624. The van der Waals surface area contributed by atoms with E-state index in [4.69, 9.17) is 5.73 Å². The van der Waals surface area contributed by atoms with E-state index in [2.05, 4.69) is 24.0 Å². The standard InChI is InChI=1S/C11H18N4O/c1-11(2)3-5-15(6-4-11)10(16)8-7-9(12)14-13-8/h7H,3-6H2,1-2H3,(H3,12,13,14). The minimum atomic E-state index is -0.000278. The Morgan fingerprint density at radius 2 is 2.12 bits per heavy atom. The minimum Gasteiger partial charge on any atom is -0.382 e. The van der Waals surface area contributed by atoms with Gasteiger partial charge in [-0.2, -0.15) is 5.10 Å². The SMILES string of the molecule is CC1(C)CCN(C(=O)c2cc(N)n[nH]2)CC1. The molecule has 2 rings (SSSR count). The first-order valence-corrected chi connectivity index (χ1v) is 5.58. The van der Waals surface area contributed by atoms with Crippen LogP contribution < -0.4 is 5.73 Å². The van der Waals surface area contributed by atoms with Crippen LogP contribution in [0.4, 0.5) is 5.82 Å². The van der Waals surface area contributed by atoms with Crippen LogP contribution in [0.3, 0.4) is 0 Å². The van der Waals surface area contributed by atoms with Gasteiger partial charge in [0.05, 0.1) is 0 Å². The normalized spacial score (nSPS) is 19.8. The number of nitrogens with one attached hydrogen (secondary N) is 1. The van der Waals surface area contributed by atoms with E-state index in [9.17, 15) is 4.79 Å². The largest absolute Gasteiger partial charge is 0.382 e. The van der Waals surface area contributed by atoms with Gasteiger partial charge in [-0.1, -0.05) is 13.8 Å². The third kappa shape index (κ3) is 2.18. The summed E-state index contributed by atoms with van der Waals surface area (Å²) in [6.45, 7) is 6.10. The van der Waals surface area contributed by atoms with Crippen LogP contribution in [0.5, 0.6) is 0 Å². The number of nitrogens with two attached hydrogens (primary N) is 1. The minimum absolute atomic E-state index is 0.000278. The Labute approximate surface area is 95.0 Å². The van der Waals surface area contributed by atoms with Crippen LogP contribution in [0.2, 0.25) is 0 Å². The van der Waals surface area contributed by atoms with Crippen LogP contribution in [0.25, 0.3) is 0 Å². The molecule has 5 heteroatoms. The summed E-state index contributed by atoms with van der Waals surface area (Å²) in [5.41, 5.74) is 6.31. The summed E-state index contributed by atoms with van der Waals surface area (Å²) in [7, 11) is 0. The summed E-state index contributed by atoms with van der Waals surface area (Å²) < 4.78 is 0. The maximum absolute atomic E-state index is 12.0. The molecule has 88 valence electrons. The first-order chi connectivity index (χ1) is 7.48. The lowest BCUT2D eigenvalue weighted by atomic mass is 9.82. The zero-order valence-corrected chi connectivity index (χ0v) is 9.79. The van der Waals surface area contributed by atoms with E-state index in [1.165, 1.54) is 0 Å². The first kappa shape index (κ1) is 11.0. The van der Waals surface area contributed by atoms with Gasteiger partial charge in [0.25, 0.3) is 5.91 Å². The van der Waals surface area contributed by atoms with E-state index in [0.29, 0.717) is 16.9 Å². The summed E-state index contributed by atoms with van der Waals surface area (Å²) in [6, 6.07) is 1.59. The second-order valence-electron chi connectivity index (χ2n) is 5.16.